The van der Waals surface area contributed by atoms with Crippen LogP contribution in [0, 0.1) is 0 Å². The second-order valence-electron chi connectivity index (χ2n) is 3.25. The fourth-order valence-electron chi connectivity index (χ4n) is 1.49. The highest BCUT2D eigenvalue weighted by Gasteiger charge is 1.95. The van der Waals surface area contributed by atoms with Gasteiger partial charge in [-0.3, -0.25) is 4.79 Å². The van der Waals surface area contributed by atoms with E-state index in [0.717, 1.165) is 16.3 Å². The van der Waals surface area contributed by atoms with Crippen LogP contribution in [0.1, 0.15) is 5.56 Å². The summed E-state index contributed by atoms with van der Waals surface area (Å²) in [6, 6.07) is 12.2. The first-order valence-electron chi connectivity index (χ1n) is 4.61. The number of benzene rings is 2. The summed E-state index contributed by atoms with van der Waals surface area (Å²) in [5.74, 6) is 0. The molecule has 0 heterocycles. The van der Waals surface area contributed by atoms with Crippen molar-refractivity contribution >= 4 is 39.1 Å². The number of rotatable bonds is 2. The number of fused-ring (bicyclic) bond motifs is 1. The Bertz CT molecular complexity index is 529. The fourth-order valence-corrected chi connectivity index (χ4v) is 1.87. The molecule has 0 saturated carbocycles. The van der Waals surface area contributed by atoms with Gasteiger partial charge in [0.1, 0.15) is 6.29 Å². The van der Waals surface area contributed by atoms with Crippen molar-refractivity contribution in [2.24, 2.45) is 0 Å². The van der Waals surface area contributed by atoms with Crippen LogP contribution < -0.4 is 0 Å². The van der Waals surface area contributed by atoms with Gasteiger partial charge in [-0.15, -0.1) is 0 Å². The Hall–Kier alpha value is -1.41. The molecule has 1 nitrogen and oxygen atoms in total. The molecule has 0 spiro atoms. The largest absolute Gasteiger partial charge is 0.299 e. The SMILES string of the molecule is O=CC=Cc1ccc2cc(Br)ccc2c1. The number of halogens is 1. The van der Waals surface area contributed by atoms with Crippen molar-refractivity contribution in [2.45, 2.75) is 0 Å². The Morgan fingerprint density at radius 1 is 1.00 bits per heavy atom. The second kappa shape index (κ2) is 4.41. The van der Waals surface area contributed by atoms with Crippen LogP contribution in [0.3, 0.4) is 0 Å². The molecule has 74 valence electrons. The highest BCUT2D eigenvalue weighted by Crippen LogP contribution is 2.21. The predicted molar refractivity (Wildman–Crippen MR) is 66.7 cm³/mol. The highest BCUT2D eigenvalue weighted by atomic mass is 79.9. The van der Waals surface area contributed by atoms with Crippen molar-refractivity contribution < 1.29 is 4.79 Å². The van der Waals surface area contributed by atoms with Gasteiger partial charge in [-0.25, -0.2) is 0 Å². The molecule has 2 aromatic rings. The minimum atomic E-state index is 0.784. The van der Waals surface area contributed by atoms with Gasteiger partial charge in [-0.1, -0.05) is 40.2 Å². The molecule has 0 fully saturated rings. The average molecular weight is 261 g/mol. The lowest BCUT2D eigenvalue weighted by molar-refractivity contribution is -0.104. The quantitative estimate of drug-likeness (QED) is 0.593. The van der Waals surface area contributed by atoms with E-state index >= 15 is 0 Å². The molecule has 0 unspecified atom stereocenters. The summed E-state index contributed by atoms with van der Waals surface area (Å²) in [7, 11) is 0. The summed E-state index contributed by atoms with van der Waals surface area (Å²) in [6.45, 7) is 0. The molecule has 2 aromatic carbocycles. The van der Waals surface area contributed by atoms with Gasteiger partial charge in [0, 0.05) is 4.47 Å². The molecule has 0 aliphatic heterocycles. The zero-order valence-corrected chi connectivity index (χ0v) is 9.57. The number of carbonyl (C=O) groups is 1. The normalized spacial score (nSPS) is 11.0. The van der Waals surface area contributed by atoms with E-state index in [0.29, 0.717) is 0 Å². The maximum atomic E-state index is 10.2. The van der Waals surface area contributed by atoms with Crippen LogP contribution in [-0.2, 0) is 4.79 Å². The predicted octanol–water partition coefficient (Wildman–Crippen LogP) is 3.81. The molecule has 0 saturated heterocycles. The van der Waals surface area contributed by atoms with Crippen molar-refractivity contribution in [3.8, 4) is 0 Å². The topological polar surface area (TPSA) is 17.1 Å². The van der Waals surface area contributed by atoms with Crippen LogP contribution in [0.25, 0.3) is 16.8 Å². The summed E-state index contributed by atoms with van der Waals surface area (Å²) in [5, 5.41) is 2.36. The lowest BCUT2D eigenvalue weighted by atomic mass is 10.1. The summed E-state index contributed by atoms with van der Waals surface area (Å²) >= 11 is 3.43. The van der Waals surface area contributed by atoms with Crippen LogP contribution in [0.15, 0.2) is 46.9 Å². The number of hydrogen-bond acceptors (Lipinski definition) is 1. The van der Waals surface area contributed by atoms with Gasteiger partial charge >= 0.3 is 0 Å². The Morgan fingerprint density at radius 2 is 1.73 bits per heavy atom. The van der Waals surface area contributed by atoms with Crippen molar-refractivity contribution in [1.82, 2.24) is 0 Å². The molecule has 0 aliphatic carbocycles. The standard InChI is InChI=1S/C13H9BrO/c14-13-6-5-11-8-10(2-1-7-15)3-4-12(11)9-13/h1-9H. The minimum Gasteiger partial charge on any atom is -0.299 e. The number of carbonyl (C=O) groups excluding carboxylic acids is 1. The molecule has 0 radical (unpaired) electrons. The Balaban J connectivity index is 2.52. The smallest absolute Gasteiger partial charge is 0.142 e. The molecule has 2 rings (SSSR count). The molecule has 0 atom stereocenters. The molecule has 0 amide bonds. The van der Waals surface area contributed by atoms with E-state index in [1.807, 2.05) is 18.2 Å². The molecule has 0 bridgehead atoms. The zero-order chi connectivity index (χ0) is 10.7. The van der Waals surface area contributed by atoms with E-state index in [1.165, 1.54) is 16.8 Å². The molecular weight excluding hydrogens is 252 g/mol. The Kier molecular flexibility index (Phi) is 2.97. The minimum absolute atomic E-state index is 0.784. The van der Waals surface area contributed by atoms with Crippen molar-refractivity contribution in [1.29, 1.82) is 0 Å². The second-order valence-corrected chi connectivity index (χ2v) is 4.16. The first-order chi connectivity index (χ1) is 7.29. The third-order valence-electron chi connectivity index (χ3n) is 2.19. The molecule has 15 heavy (non-hydrogen) atoms. The molecule has 0 aromatic heterocycles. The van der Waals surface area contributed by atoms with E-state index in [1.54, 1.807) is 6.08 Å². The Morgan fingerprint density at radius 3 is 2.53 bits per heavy atom. The van der Waals surface area contributed by atoms with Gasteiger partial charge in [0.25, 0.3) is 0 Å². The summed E-state index contributed by atoms with van der Waals surface area (Å²) in [5.41, 5.74) is 1.04. The van der Waals surface area contributed by atoms with Crippen LogP contribution in [-0.4, -0.2) is 6.29 Å². The van der Waals surface area contributed by atoms with Gasteiger partial charge in [0.05, 0.1) is 0 Å². The Labute approximate surface area is 96.5 Å². The van der Waals surface area contributed by atoms with Crippen LogP contribution in [0.2, 0.25) is 0 Å². The van der Waals surface area contributed by atoms with Gasteiger partial charge in [0.15, 0.2) is 0 Å². The van der Waals surface area contributed by atoms with Crippen LogP contribution >= 0.6 is 15.9 Å². The summed E-state index contributed by atoms with van der Waals surface area (Å²) in [6.07, 6.45) is 4.08. The molecule has 0 N–H and O–H groups in total. The van der Waals surface area contributed by atoms with E-state index in [2.05, 4.69) is 34.1 Å². The van der Waals surface area contributed by atoms with E-state index < -0.39 is 0 Å². The zero-order valence-electron chi connectivity index (χ0n) is 7.98. The molecular formula is C13H9BrO. The third kappa shape index (κ3) is 2.34. The molecule has 0 aliphatic rings. The van der Waals surface area contributed by atoms with Gasteiger partial charge in [0.2, 0.25) is 0 Å². The van der Waals surface area contributed by atoms with Crippen LogP contribution in [0.5, 0.6) is 0 Å². The maximum absolute atomic E-state index is 10.2. The lowest BCUT2D eigenvalue weighted by Gasteiger charge is -2.00. The first kappa shape index (κ1) is 10.1. The van der Waals surface area contributed by atoms with Crippen molar-refractivity contribution in [3.63, 3.8) is 0 Å². The monoisotopic (exact) mass is 260 g/mol. The van der Waals surface area contributed by atoms with Crippen molar-refractivity contribution in [3.05, 3.63) is 52.5 Å². The van der Waals surface area contributed by atoms with E-state index in [9.17, 15) is 4.79 Å². The third-order valence-corrected chi connectivity index (χ3v) is 2.69. The van der Waals surface area contributed by atoms with E-state index in [4.69, 9.17) is 0 Å². The van der Waals surface area contributed by atoms with Crippen molar-refractivity contribution in [2.75, 3.05) is 0 Å². The first-order valence-corrected chi connectivity index (χ1v) is 5.40. The van der Waals surface area contributed by atoms with E-state index in [-0.39, 0.29) is 0 Å². The summed E-state index contributed by atoms with van der Waals surface area (Å²) in [4.78, 5) is 10.2. The van der Waals surface area contributed by atoms with Crippen LogP contribution in [0.4, 0.5) is 0 Å². The average Bonchev–Trinajstić information content (AvgIpc) is 2.26. The number of aldehydes is 1. The van der Waals surface area contributed by atoms with Gasteiger partial charge in [-0.2, -0.15) is 0 Å². The number of allylic oxidation sites excluding steroid dienone is 1. The molecule has 2 heteroatoms. The lowest BCUT2D eigenvalue weighted by Crippen LogP contribution is -1.76. The van der Waals surface area contributed by atoms with Gasteiger partial charge in [-0.05, 0) is 40.6 Å². The maximum Gasteiger partial charge on any atom is 0.142 e. The van der Waals surface area contributed by atoms with Gasteiger partial charge < -0.3 is 0 Å². The fraction of sp³-hybridized carbons (Fsp3) is 0. The summed E-state index contributed by atoms with van der Waals surface area (Å²) < 4.78 is 1.08. The highest BCUT2D eigenvalue weighted by molar-refractivity contribution is 9.10. The number of hydrogen-bond donors (Lipinski definition) is 0.